The smallest absolute Gasteiger partial charge is 0.298 e. The summed E-state index contributed by atoms with van der Waals surface area (Å²) in [6.45, 7) is 4.94. The second-order valence-corrected chi connectivity index (χ2v) is 7.85. The predicted molar refractivity (Wildman–Crippen MR) is 117 cm³/mol. The molecule has 0 amide bonds. The van der Waals surface area contributed by atoms with Gasteiger partial charge in [0.2, 0.25) is 0 Å². The molecule has 0 heterocycles. The average molecular weight is 420 g/mol. The van der Waals surface area contributed by atoms with Crippen LogP contribution >= 0.6 is 0 Å². The summed E-state index contributed by atoms with van der Waals surface area (Å²) in [7, 11) is 4.22. The molecule has 0 saturated heterocycles. The highest BCUT2D eigenvalue weighted by molar-refractivity contribution is 5.26. The predicted octanol–water partition coefficient (Wildman–Crippen LogP) is 3.70. The van der Waals surface area contributed by atoms with Gasteiger partial charge in [-0.1, -0.05) is 75.4 Å². The summed E-state index contributed by atoms with van der Waals surface area (Å²) in [5.74, 6) is 0.878. The Morgan fingerprint density at radius 1 is 0.759 bits per heavy atom. The quantitative estimate of drug-likeness (QED) is 0.213. The summed E-state index contributed by atoms with van der Waals surface area (Å²) in [5, 5.41) is 0. The molecule has 0 saturated carbocycles. The molecule has 2 aromatic rings. The van der Waals surface area contributed by atoms with Gasteiger partial charge >= 0.3 is 0 Å². The first-order valence-corrected chi connectivity index (χ1v) is 10.8. The summed E-state index contributed by atoms with van der Waals surface area (Å²) in [5.41, 5.74) is 0.564. The summed E-state index contributed by atoms with van der Waals surface area (Å²) in [4.78, 5) is 6.23. The molecular weight excluding hydrogens is 382 g/mol. The number of nitrogens with zero attached hydrogens (tertiary/aromatic N) is 1. The van der Waals surface area contributed by atoms with E-state index in [2.05, 4.69) is 51.4 Å². The van der Waals surface area contributed by atoms with Gasteiger partial charge in [-0.05, 0) is 37.6 Å². The lowest BCUT2D eigenvalue weighted by atomic mass is 9.93. The summed E-state index contributed by atoms with van der Waals surface area (Å²) < 4.78 is 7.11. The topological polar surface area (TPSA) is 18.5 Å². The van der Waals surface area contributed by atoms with E-state index in [1.165, 1.54) is 32.1 Å². The summed E-state index contributed by atoms with van der Waals surface area (Å²) in [6, 6.07) is 20.7. The minimum atomic E-state index is -0.594. The SMILES string of the molecule is CCCCCCCCC(Oc1ccccc1)(c1ccccc1)[N+](C)(C)OCC.[Cl-]. The number of quaternary nitrogens is 1. The first-order chi connectivity index (χ1) is 13.6. The van der Waals surface area contributed by atoms with E-state index in [1.54, 1.807) is 0 Å². The van der Waals surface area contributed by atoms with Gasteiger partial charge in [-0.2, -0.15) is 0 Å². The fraction of sp³-hybridized carbons (Fsp3) is 0.520. The van der Waals surface area contributed by atoms with Gasteiger partial charge in [0.05, 0.1) is 5.56 Å². The minimum Gasteiger partial charge on any atom is -1.00 e. The molecular formula is C25H38ClNO2. The van der Waals surface area contributed by atoms with E-state index in [4.69, 9.17) is 9.57 Å². The zero-order valence-corrected chi connectivity index (χ0v) is 19.3. The van der Waals surface area contributed by atoms with E-state index < -0.39 is 5.72 Å². The molecule has 0 aliphatic rings. The highest BCUT2D eigenvalue weighted by Gasteiger charge is 2.51. The third-order valence-electron chi connectivity index (χ3n) is 5.45. The Labute approximate surface area is 184 Å². The molecule has 0 spiro atoms. The molecule has 162 valence electrons. The molecule has 2 rings (SSSR count). The van der Waals surface area contributed by atoms with Crippen molar-refractivity contribution in [3.05, 3.63) is 66.2 Å². The van der Waals surface area contributed by atoms with Crippen LogP contribution in [0.4, 0.5) is 0 Å². The number of para-hydroxylation sites is 1. The first-order valence-electron chi connectivity index (χ1n) is 10.8. The van der Waals surface area contributed by atoms with Crippen molar-refractivity contribution in [2.24, 2.45) is 0 Å². The first kappa shape index (κ1) is 25.5. The van der Waals surface area contributed by atoms with Crippen LogP contribution in [0.2, 0.25) is 0 Å². The molecule has 0 N–H and O–H groups in total. The van der Waals surface area contributed by atoms with Crippen LogP contribution in [-0.4, -0.2) is 25.3 Å². The van der Waals surface area contributed by atoms with Crippen molar-refractivity contribution < 1.29 is 26.6 Å². The number of benzene rings is 2. The molecule has 4 heteroatoms. The van der Waals surface area contributed by atoms with Crippen LogP contribution in [0.3, 0.4) is 0 Å². The largest absolute Gasteiger partial charge is 1.00 e. The maximum absolute atomic E-state index is 6.78. The highest BCUT2D eigenvalue weighted by Crippen LogP contribution is 2.40. The highest BCUT2D eigenvalue weighted by atomic mass is 35.5. The summed E-state index contributed by atoms with van der Waals surface area (Å²) in [6.07, 6.45) is 8.44. The van der Waals surface area contributed by atoms with Gasteiger partial charge in [0.1, 0.15) is 26.5 Å². The van der Waals surface area contributed by atoms with Crippen LogP contribution in [0.25, 0.3) is 0 Å². The molecule has 0 aliphatic heterocycles. The molecule has 0 aliphatic carbocycles. The van der Waals surface area contributed by atoms with Gasteiger partial charge < -0.3 is 17.1 Å². The molecule has 0 bridgehead atoms. The van der Waals surface area contributed by atoms with Crippen LogP contribution in [0.1, 0.15) is 64.4 Å². The van der Waals surface area contributed by atoms with Gasteiger partial charge in [0.15, 0.2) is 0 Å². The Balaban J connectivity index is 0.00000420. The van der Waals surface area contributed by atoms with Crippen LogP contribution in [-0.2, 0) is 10.6 Å². The van der Waals surface area contributed by atoms with Gasteiger partial charge in [-0.25, -0.2) is 4.84 Å². The number of hydrogen-bond donors (Lipinski definition) is 0. The van der Waals surface area contributed by atoms with Crippen molar-refractivity contribution >= 4 is 0 Å². The number of rotatable bonds is 13. The zero-order valence-electron chi connectivity index (χ0n) is 18.6. The van der Waals surface area contributed by atoms with Crippen molar-refractivity contribution in [3.63, 3.8) is 0 Å². The Kier molecular flexibility index (Phi) is 11.3. The van der Waals surface area contributed by atoms with E-state index in [-0.39, 0.29) is 12.4 Å². The number of unbranched alkanes of at least 4 members (excludes halogenated alkanes) is 5. The van der Waals surface area contributed by atoms with Crippen molar-refractivity contribution in [1.29, 1.82) is 0 Å². The van der Waals surface area contributed by atoms with Crippen molar-refractivity contribution in [2.45, 2.75) is 64.5 Å². The standard InChI is InChI=1S/C25H38NO2.ClH/c1-5-7-8-9-10-17-22-25(26(3,4)27-6-2,23-18-13-11-14-19-23)28-24-20-15-12-16-21-24;/h11-16,18-21H,5-10,17,22H2,1-4H3;1H/q+1;/p-1. The molecule has 1 unspecified atom stereocenters. The molecule has 29 heavy (non-hydrogen) atoms. The number of hydrogen-bond acceptors (Lipinski definition) is 2. The summed E-state index contributed by atoms with van der Waals surface area (Å²) >= 11 is 0. The number of ether oxygens (including phenoxy) is 1. The number of halogens is 1. The molecule has 2 aromatic carbocycles. The average Bonchev–Trinajstić information content (AvgIpc) is 2.71. The fourth-order valence-electron chi connectivity index (χ4n) is 3.90. The van der Waals surface area contributed by atoms with Gasteiger partial charge in [0, 0.05) is 6.42 Å². The van der Waals surface area contributed by atoms with Crippen molar-refractivity contribution in [3.8, 4) is 5.75 Å². The Hall–Kier alpha value is -1.55. The third kappa shape index (κ3) is 7.02. The molecule has 0 radical (unpaired) electrons. The maximum Gasteiger partial charge on any atom is 0.298 e. The van der Waals surface area contributed by atoms with E-state index in [9.17, 15) is 0 Å². The second-order valence-electron chi connectivity index (χ2n) is 7.85. The van der Waals surface area contributed by atoms with Crippen LogP contribution < -0.4 is 17.1 Å². The van der Waals surface area contributed by atoms with E-state index in [0.717, 1.165) is 24.2 Å². The van der Waals surface area contributed by atoms with Gasteiger partial charge in [0.25, 0.3) is 5.72 Å². The van der Waals surface area contributed by atoms with Crippen molar-refractivity contribution in [2.75, 3.05) is 20.7 Å². The fourth-order valence-corrected chi connectivity index (χ4v) is 3.90. The Morgan fingerprint density at radius 2 is 1.31 bits per heavy atom. The minimum absolute atomic E-state index is 0. The van der Waals surface area contributed by atoms with Crippen LogP contribution in [0.5, 0.6) is 5.75 Å². The maximum atomic E-state index is 6.78. The lowest BCUT2D eigenvalue weighted by molar-refractivity contribution is -1.14. The van der Waals surface area contributed by atoms with Crippen LogP contribution in [0.15, 0.2) is 60.7 Å². The second kappa shape index (κ2) is 12.9. The van der Waals surface area contributed by atoms with E-state index in [0.29, 0.717) is 11.3 Å². The van der Waals surface area contributed by atoms with Gasteiger partial charge in [-0.15, -0.1) is 4.65 Å². The Morgan fingerprint density at radius 3 is 1.90 bits per heavy atom. The van der Waals surface area contributed by atoms with E-state index >= 15 is 0 Å². The third-order valence-corrected chi connectivity index (χ3v) is 5.45. The lowest BCUT2D eigenvalue weighted by Crippen LogP contribution is -3.00. The van der Waals surface area contributed by atoms with Crippen LogP contribution in [0, 0.1) is 0 Å². The molecule has 0 aromatic heterocycles. The Bertz CT molecular complexity index is 663. The molecule has 0 fully saturated rings. The monoisotopic (exact) mass is 419 g/mol. The van der Waals surface area contributed by atoms with Crippen molar-refractivity contribution in [1.82, 2.24) is 0 Å². The number of hydroxylamine groups is 3. The zero-order chi connectivity index (χ0) is 20.3. The lowest BCUT2D eigenvalue weighted by Gasteiger charge is -2.45. The molecule has 3 nitrogen and oxygen atoms in total. The van der Waals surface area contributed by atoms with Gasteiger partial charge in [-0.3, -0.25) is 0 Å². The normalized spacial score (nSPS) is 13.4. The molecule has 1 atom stereocenters. The van der Waals surface area contributed by atoms with E-state index in [1.807, 2.05) is 37.3 Å².